The number of pyridine rings is 1. The van der Waals surface area contributed by atoms with Crippen LogP contribution in [0, 0.1) is 0 Å². The normalized spacial score (nSPS) is 11.2. The maximum absolute atomic E-state index is 2.42. The van der Waals surface area contributed by atoms with Crippen LogP contribution in [-0.2, 0) is 13.0 Å². The summed E-state index contributed by atoms with van der Waals surface area (Å²) in [5.41, 5.74) is 1.53. The van der Waals surface area contributed by atoms with Crippen molar-refractivity contribution in [2.24, 2.45) is 0 Å². The van der Waals surface area contributed by atoms with Crippen molar-refractivity contribution in [3.05, 3.63) is 30.1 Å². The molecule has 0 N–H and O–H groups in total. The summed E-state index contributed by atoms with van der Waals surface area (Å²) in [4.78, 5) is 0. The number of hydrogen-bond donors (Lipinski definition) is 0. The second kappa shape index (κ2) is 19.5. The Morgan fingerprint density at radius 3 is 1.57 bits per heavy atom. The predicted octanol–water partition coefficient (Wildman–Crippen LogP) is 8.58. The van der Waals surface area contributed by atoms with Crippen molar-refractivity contribution in [1.82, 2.24) is 0 Å². The first-order valence-electron chi connectivity index (χ1n) is 12.8. The van der Waals surface area contributed by atoms with Gasteiger partial charge in [-0.25, -0.2) is 4.57 Å². The molecule has 1 rings (SSSR count). The highest BCUT2D eigenvalue weighted by Gasteiger charge is 2.03. The van der Waals surface area contributed by atoms with Gasteiger partial charge in [0.15, 0.2) is 12.4 Å². The lowest BCUT2D eigenvalue weighted by Crippen LogP contribution is -2.33. The van der Waals surface area contributed by atoms with Gasteiger partial charge in [-0.05, 0) is 25.3 Å². The van der Waals surface area contributed by atoms with Gasteiger partial charge in [-0.2, -0.15) is 0 Å². The van der Waals surface area contributed by atoms with E-state index in [1.807, 2.05) is 0 Å². The average molecular weight is 389 g/mol. The summed E-state index contributed by atoms with van der Waals surface area (Å²) in [5.74, 6) is 0. The average Bonchev–Trinajstić information content (AvgIpc) is 2.72. The van der Waals surface area contributed by atoms with Crippen molar-refractivity contribution >= 4 is 0 Å². The molecule has 0 spiro atoms. The van der Waals surface area contributed by atoms with Crippen LogP contribution in [0.25, 0.3) is 0 Å². The first-order valence-corrected chi connectivity index (χ1v) is 12.8. The SMILES string of the molecule is CCCCCCCCCCCC[n+]1cccc(CCCCCCCCCC)c1. The van der Waals surface area contributed by atoms with E-state index in [4.69, 9.17) is 0 Å². The van der Waals surface area contributed by atoms with Gasteiger partial charge in [0.1, 0.15) is 6.54 Å². The zero-order chi connectivity index (χ0) is 20.1. The fraction of sp³-hybridized carbons (Fsp3) is 0.815. The third-order valence-corrected chi connectivity index (χ3v) is 6.01. The van der Waals surface area contributed by atoms with Crippen LogP contribution in [0.2, 0.25) is 0 Å². The predicted molar refractivity (Wildman–Crippen MR) is 125 cm³/mol. The Kier molecular flexibility index (Phi) is 17.5. The summed E-state index contributed by atoms with van der Waals surface area (Å²) in [6.07, 6.45) is 31.4. The molecule has 1 heterocycles. The van der Waals surface area contributed by atoms with E-state index in [-0.39, 0.29) is 0 Å². The van der Waals surface area contributed by atoms with Crippen molar-refractivity contribution < 1.29 is 4.57 Å². The van der Waals surface area contributed by atoms with E-state index in [0.717, 1.165) is 0 Å². The smallest absolute Gasteiger partial charge is 0.171 e. The number of aromatic nitrogens is 1. The van der Waals surface area contributed by atoms with Crippen LogP contribution in [0.15, 0.2) is 24.5 Å². The Bertz CT molecular complexity index is 440. The molecule has 0 aliphatic heterocycles. The van der Waals surface area contributed by atoms with Crippen LogP contribution in [0.1, 0.15) is 135 Å². The van der Waals surface area contributed by atoms with E-state index in [1.165, 1.54) is 134 Å². The molecule has 0 aliphatic carbocycles. The molecule has 0 aliphatic rings. The van der Waals surface area contributed by atoms with Crippen LogP contribution in [0.5, 0.6) is 0 Å². The molecular formula is C27H50N+. The van der Waals surface area contributed by atoms with E-state index >= 15 is 0 Å². The number of nitrogens with zero attached hydrogens (tertiary/aromatic N) is 1. The van der Waals surface area contributed by atoms with Crippen LogP contribution in [0.4, 0.5) is 0 Å². The van der Waals surface area contributed by atoms with Gasteiger partial charge in [-0.3, -0.25) is 0 Å². The van der Waals surface area contributed by atoms with Gasteiger partial charge >= 0.3 is 0 Å². The van der Waals surface area contributed by atoms with E-state index in [2.05, 4.69) is 42.9 Å². The molecule has 0 saturated heterocycles. The van der Waals surface area contributed by atoms with Crippen molar-refractivity contribution in [3.8, 4) is 0 Å². The monoisotopic (exact) mass is 388 g/mol. The van der Waals surface area contributed by atoms with Gasteiger partial charge in [0.25, 0.3) is 0 Å². The molecule has 0 saturated carbocycles. The van der Waals surface area contributed by atoms with Gasteiger partial charge < -0.3 is 0 Å². The highest BCUT2D eigenvalue weighted by Crippen LogP contribution is 2.12. The second-order valence-electron chi connectivity index (χ2n) is 8.86. The third-order valence-electron chi connectivity index (χ3n) is 6.01. The summed E-state index contributed by atoms with van der Waals surface area (Å²) < 4.78 is 2.42. The van der Waals surface area contributed by atoms with Gasteiger partial charge in [-0.15, -0.1) is 0 Å². The fourth-order valence-corrected chi connectivity index (χ4v) is 4.11. The highest BCUT2D eigenvalue weighted by molar-refractivity contribution is 5.05. The highest BCUT2D eigenvalue weighted by atomic mass is 14.9. The van der Waals surface area contributed by atoms with E-state index in [9.17, 15) is 0 Å². The lowest BCUT2D eigenvalue weighted by molar-refractivity contribution is -0.697. The molecule has 1 aromatic rings. The van der Waals surface area contributed by atoms with Crippen molar-refractivity contribution in [3.63, 3.8) is 0 Å². The van der Waals surface area contributed by atoms with Crippen LogP contribution >= 0.6 is 0 Å². The van der Waals surface area contributed by atoms with Gasteiger partial charge in [0.2, 0.25) is 0 Å². The van der Waals surface area contributed by atoms with Crippen LogP contribution in [0.3, 0.4) is 0 Å². The summed E-state index contributed by atoms with van der Waals surface area (Å²) in [7, 11) is 0. The second-order valence-corrected chi connectivity index (χ2v) is 8.86. The van der Waals surface area contributed by atoms with Crippen molar-refractivity contribution in [2.45, 2.75) is 142 Å². The summed E-state index contributed by atoms with van der Waals surface area (Å²) in [5, 5.41) is 0. The van der Waals surface area contributed by atoms with E-state index in [0.29, 0.717) is 0 Å². The summed E-state index contributed by atoms with van der Waals surface area (Å²) in [6, 6.07) is 4.56. The molecule has 1 aromatic heterocycles. The van der Waals surface area contributed by atoms with E-state index < -0.39 is 0 Å². The van der Waals surface area contributed by atoms with E-state index in [1.54, 1.807) is 0 Å². The fourth-order valence-electron chi connectivity index (χ4n) is 4.11. The number of rotatable bonds is 20. The van der Waals surface area contributed by atoms with Crippen molar-refractivity contribution in [1.29, 1.82) is 0 Å². The molecule has 0 atom stereocenters. The lowest BCUT2D eigenvalue weighted by Gasteiger charge is -2.03. The quantitative estimate of drug-likeness (QED) is 0.155. The molecular weight excluding hydrogens is 338 g/mol. The molecule has 0 radical (unpaired) electrons. The largest absolute Gasteiger partial charge is 0.205 e. The van der Waals surface area contributed by atoms with Crippen LogP contribution < -0.4 is 4.57 Å². The summed E-state index contributed by atoms with van der Waals surface area (Å²) >= 11 is 0. The lowest BCUT2D eigenvalue weighted by atomic mass is 10.0. The first-order chi connectivity index (χ1) is 13.9. The molecule has 1 heteroatoms. The molecule has 162 valence electrons. The number of aryl methyl sites for hydroxylation is 2. The van der Waals surface area contributed by atoms with Crippen LogP contribution in [-0.4, -0.2) is 0 Å². The van der Waals surface area contributed by atoms with Gasteiger partial charge in [-0.1, -0.05) is 110 Å². The zero-order valence-electron chi connectivity index (χ0n) is 19.4. The molecule has 28 heavy (non-hydrogen) atoms. The maximum Gasteiger partial charge on any atom is 0.171 e. The molecule has 1 nitrogen and oxygen atoms in total. The third kappa shape index (κ3) is 15.1. The van der Waals surface area contributed by atoms with Gasteiger partial charge in [0, 0.05) is 18.1 Å². The molecule has 0 bridgehead atoms. The first kappa shape index (κ1) is 25.2. The molecule has 0 unspecified atom stereocenters. The Balaban J connectivity index is 1.99. The minimum Gasteiger partial charge on any atom is -0.205 e. The van der Waals surface area contributed by atoms with Crippen molar-refractivity contribution in [2.75, 3.05) is 0 Å². The number of hydrogen-bond acceptors (Lipinski definition) is 0. The minimum absolute atomic E-state index is 1.20. The maximum atomic E-state index is 2.42. The Labute approximate surface area is 177 Å². The number of unbranched alkanes of at least 4 members (excludes halogenated alkanes) is 16. The Morgan fingerprint density at radius 2 is 1.04 bits per heavy atom. The molecule has 0 fully saturated rings. The molecule has 0 aromatic carbocycles. The minimum atomic E-state index is 1.20. The Hall–Kier alpha value is -0.850. The standard InChI is InChI=1S/C27H50N/c1-3-5-7-9-11-13-14-16-18-20-24-28-25-21-23-27(26-28)22-19-17-15-12-10-8-6-4-2/h21,23,25-26H,3-20,22,24H2,1-2H3/q+1. The summed E-state index contributed by atoms with van der Waals surface area (Å²) in [6.45, 7) is 5.79. The topological polar surface area (TPSA) is 3.88 Å². The molecule has 0 amide bonds. The zero-order valence-corrected chi connectivity index (χ0v) is 19.4. The Morgan fingerprint density at radius 1 is 0.571 bits per heavy atom. The van der Waals surface area contributed by atoms with Gasteiger partial charge in [0.05, 0.1) is 0 Å².